The van der Waals surface area contributed by atoms with E-state index in [4.69, 9.17) is 22.1 Å². The first-order valence-electron chi connectivity index (χ1n) is 6.03. The molecular formula is C13H17ClN2O2. The lowest BCUT2D eigenvalue weighted by atomic mass is 10.0. The lowest BCUT2D eigenvalue weighted by Crippen LogP contribution is -2.41. The van der Waals surface area contributed by atoms with E-state index in [9.17, 15) is 4.79 Å². The number of hydrogen-bond donors (Lipinski definition) is 2. The SMILES string of the molecule is CC1CC(NC(=O)c2cc(Cl)ccc2N)CCO1. The summed E-state index contributed by atoms with van der Waals surface area (Å²) in [4.78, 5) is 12.1. The van der Waals surface area contributed by atoms with Gasteiger partial charge in [0.25, 0.3) is 5.91 Å². The second kappa shape index (κ2) is 5.59. The summed E-state index contributed by atoms with van der Waals surface area (Å²) < 4.78 is 5.44. The Morgan fingerprint density at radius 2 is 2.33 bits per heavy atom. The zero-order valence-corrected chi connectivity index (χ0v) is 11.0. The fourth-order valence-corrected chi connectivity index (χ4v) is 2.29. The number of carbonyl (C=O) groups is 1. The smallest absolute Gasteiger partial charge is 0.253 e. The third-order valence-electron chi connectivity index (χ3n) is 3.08. The predicted molar refractivity (Wildman–Crippen MR) is 71.8 cm³/mol. The van der Waals surface area contributed by atoms with Gasteiger partial charge >= 0.3 is 0 Å². The van der Waals surface area contributed by atoms with Crippen LogP contribution in [0.3, 0.4) is 0 Å². The largest absolute Gasteiger partial charge is 0.398 e. The van der Waals surface area contributed by atoms with Crippen molar-refractivity contribution in [2.24, 2.45) is 0 Å². The Balaban J connectivity index is 2.05. The molecule has 0 bridgehead atoms. The minimum Gasteiger partial charge on any atom is -0.398 e. The van der Waals surface area contributed by atoms with Crippen molar-refractivity contribution in [3.8, 4) is 0 Å². The molecule has 1 aliphatic rings. The zero-order valence-electron chi connectivity index (χ0n) is 10.3. The average molecular weight is 269 g/mol. The predicted octanol–water partition coefficient (Wildman–Crippen LogP) is 2.22. The Bertz CT molecular complexity index is 451. The number of carbonyl (C=O) groups excluding carboxylic acids is 1. The van der Waals surface area contributed by atoms with Gasteiger partial charge in [-0.2, -0.15) is 0 Å². The number of rotatable bonds is 2. The van der Waals surface area contributed by atoms with Crippen LogP contribution in [0.4, 0.5) is 5.69 Å². The summed E-state index contributed by atoms with van der Waals surface area (Å²) in [6, 6.07) is 5.04. The van der Waals surface area contributed by atoms with E-state index >= 15 is 0 Å². The quantitative estimate of drug-likeness (QED) is 0.809. The second-order valence-electron chi connectivity index (χ2n) is 4.61. The van der Waals surface area contributed by atoms with Gasteiger partial charge in [0.05, 0.1) is 11.7 Å². The lowest BCUT2D eigenvalue weighted by molar-refractivity contribution is 0.0137. The molecule has 2 atom stereocenters. The van der Waals surface area contributed by atoms with Gasteiger partial charge in [0, 0.05) is 23.4 Å². The van der Waals surface area contributed by atoms with Gasteiger partial charge in [0.1, 0.15) is 0 Å². The molecule has 1 aliphatic heterocycles. The van der Waals surface area contributed by atoms with Gasteiger partial charge in [0.15, 0.2) is 0 Å². The number of nitrogens with two attached hydrogens (primary N) is 1. The van der Waals surface area contributed by atoms with Crippen molar-refractivity contribution in [2.75, 3.05) is 12.3 Å². The molecule has 0 aromatic heterocycles. The molecule has 2 rings (SSSR count). The van der Waals surface area contributed by atoms with Crippen LogP contribution in [0.15, 0.2) is 18.2 Å². The van der Waals surface area contributed by atoms with Crippen molar-refractivity contribution in [1.29, 1.82) is 0 Å². The van der Waals surface area contributed by atoms with E-state index in [1.807, 2.05) is 6.92 Å². The van der Waals surface area contributed by atoms with Gasteiger partial charge in [-0.15, -0.1) is 0 Å². The molecule has 0 radical (unpaired) electrons. The number of nitrogens with one attached hydrogen (secondary N) is 1. The summed E-state index contributed by atoms with van der Waals surface area (Å²) >= 11 is 5.87. The van der Waals surface area contributed by atoms with Gasteiger partial charge in [-0.3, -0.25) is 4.79 Å². The lowest BCUT2D eigenvalue weighted by Gasteiger charge is -2.28. The van der Waals surface area contributed by atoms with Crippen molar-refractivity contribution in [1.82, 2.24) is 5.32 Å². The van der Waals surface area contributed by atoms with Crippen LogP contribution in [0.1, 0.15) is 30.1 Å². The maximum Gasteiger partial charge on any atom is 0.253 e. The van der Waals surface area contributed by atoms with E-state index in [0.717, 1.165) is 12.8 Å². The van der Waals surface area contributed by atoms with Crippen LogP contribution < -0.4 is 11.1 Å². The molecular weight excluding hydrogens is 252 g/mol. The van der Waals surface area contributed by atoms with Crippen molar-refractivity contribution >= 4 is 23.2 Å². The summed E-state index contributed by atoms with van der Waals surface area (Å²) in [5, 5.41) is 3.49. The Hall–Kier alpha value is -1.26. The Morgan fingerprint density at radius 1 is 1.56 bits per heavy atom. The summed E-state index contributed by atoms with van der Waals surface area (Å²) in [7, 11) is 0. The maximum absolute atomic E-state index is 12.1. The molecule has 5 heteroatoms. The molecule has 1 saturated heterocycles. The fraction of sp³-hybridized carbons (Fsp3) is 0.462. The van der Waals surface area contributed by atoms with E-state index in [1.165, 1.54) is 0 Å². The van der Waals surface area contributed by atoms with E-state index in [2.05, 4.69) is 5.32 Å². The highest BCUT2D eigenvalue weighted by molar-refractivity contribution is 6.31. The van der Waals surface area contributed by atoms with Gasteiger partial charge in [-0.1, -0.05) is 11.6 Å². The first-order chi connectivity index (χ1) is 8.56. The Kier molecular flexibility index (Phi) is 4.09. The van der Waals surface area contributed by atoms with Crippen LogP contribution in [0.2, 0.25) is 5.02 Å². The van der Waals surface area contributed by atoms with E-state index in [0.29, 0.717) is 22.9 Å². The van der Waals surface area contributed by atoms with Crippen molar-refractivity contribution in [3.63, 3.8) is 0 Å². The molecule has 1 aromatic rings. The number of halogens is 1. The number of anilines is 1. The molecule has 1 aromatic carbocycles. The Labute approximate surface area is 111 Å². The molecule has 1 fully saturated rings. The molecule has 2 unspecified atom stereocenters. The zero-order chi connectivity index (χ0) is 13.1. The van der Waals surface area contributed by atoms with E-state index in [1.54, 1.807) is 18.2 Å². The highest BCUT2D eigenvalue weighted by Gasteiger charge is 2.22. The number of amides is 1. The number of nitrogen functional groups attached to an aromatic ring is 1. The summed E-state index contributed by atoms with van der Waals surface area (Å²) in [6.07, 6.45) is 1.84. The highest BCUT2D eigenvalue weighted by atomic mass is 35.5. The average Bonchev–Trinajstić information content (AvgIpc) is 2.32. The van der Waals surface area contributed by atoms with E-state index in [-0.39, 0.29) is 18.1 Å². The van der Waals surface area contributed by atoms with Crippen LogP contribution in [-0.4, -0.2) is 24.7 Å². The Morgan fingerprint density at radius 3 is 3.06 bits per heavy atom. The minimum absolute atomic E-state index is 0.139. The molecule has 1 heterocycles. The van der Waals surface area contributed by atoms with Crippen molar-refractivity contribution in [3.05, 3.63) is 28.8 Å². The molecule has 0 aliphatic carbocycles. The van der Waals surface area contributed by atoms with Crippen LogP contribution in [-0.2, 0) is 4.74 Å². The topological polar surface area (TPSA) is 64.4 Å². The van der Waals surface area contributed by atoms with Gasteiger partial charge in [-0.05, 0) is 38.0 Å². The van der Waals surface area contributed by atoms with Gasteiger partial charge < -0.3 is 15.8 Å². The van der Waals surface area contributed by atoms with Crippen LogP contribution in [0, 0.1) is 0 Å². The fourth-order valence-electron chi connectivity index (χ4n) is 2.12. The third kappa shape index (κ3) is 3.15. The van der Waals surface area contributed by atoms with Gasteiger partial charge in [0.2, 0.25) is 0 Å². The standard InChI is InChI=1S/C13H17ClN2O2/c1-8-6-10(4-5-18-8)16-13(17)11-7-9(14)2-3-12(11)15/h2-3,7-8,10H,4-6,15H2,1H3,(H,16,17). The monoisotopic (exact) mass is 268 g/mol. The van der Waals surface area contributed by atoms with E-state index < -0.39 is 0 Å². The number of hydrogen-bond acceptors (Lipinski definition) is 3. The van der Waals surface area contributed by atoms with Crippen LogP contribution >= 0.6 is 11.6 Å². The van der Waals surface area contributed by atoms with Crippen molar-refractivity contribution in [2.45, 2.75) is 31.9 Å². The summed E-state index contributed by atoms with van der Waals surface area (Å²) in [5.74, 6) is -0.172. The first kappa shape index (κ1) is 13.2. The third-order valence-corrected chi connectivity index (χ3v) is 3.32. The molecule has 1 amide bonds. The van der Waals surface area contributed by atoms with Crippen LogP contribution in [0.5, 0.6) is 0 Å². The molecule has 98 valence electrons. The van der Waals surface area contributed by atoms with Crippen molar-refractivity contribution < 1.29 is 9.53 Å². The maximum atomic E-state index is 12.1. The molecule has 0 spiro atoms. The summed E-state index contributed by atoms with van der Waals surface area (Å²) in [6.45, 7) is 2.68. The number of ether oxygens (including phenoxy) is 1. The highest BCUT2D eigenvalue weighted by Crippen LogP contribution is 2.19. The molecule has 18 heavy (non-hydrogen) atoms. The normalized spacial score (nSPS) is 23.7. The number of benzene rings is 1. The second-order valence-corrected chi connectivity index (χ2v) is 5.04. The summed E-state index contributed by atoms with van der Waals surface area (Å²) in [5.41, 5.74) is 6.65. The molecule has 3 N–H and O–H groups in total. The van der Waals surface area contributed by atoms with Crippen LogP contribution in [0.25, 0.3) is 0 Å². The minimum atomic E-state index is -0.172. The first-order valence-corrected chi connectivity index (χ1v) is 6.41. The molecule has 4 nitrogen and oxygen atoms in total. The van der Waals surface area contributed by atoms with Gasteiger partial charge in [-0.25, -0.2) is 0 Å². The molecule has 0 saturated carbocycles.